The number of nitrogens with two attached hydrogens (primary N) is 1. The Morgan fingerprint density at radius 1 is 1.33 bits per heavy atom. The molecule has 0 amide bonds. The second-order valence-corrected chi connectivity index (χ2v) is 5.45. The van der Waals surface area contributed by atoms with Gasteiger partial charge in [0.2, 0.25) is 0 Å². The topological polar surface area (TPSA) is 93.4 Å². The van der Waals surface area contributed by atoms with Gasteiger partial charge in [0.25, 0.3) is 10.2 Å². The summed E-state index contributed by atoms with van der Waals surface area (Å²) in [4.78, 5) is 0. The number of ether oxygens (including phenoxy) is 1. The normalized spacial score (nSPS) is 11.6. The number of benzene rings is 1. The fraction of sp³-hybridized carbons (Fsp3) is 0.455. The molecular formula is C11H19N3O3S. The second kappa shape index (κ2) is 6.58. The van der Waals surface area contributed by atoms with Crippen molar-refractivity contribution in [1.29, 1.82) is 0 Å². The first-order chi connectivity index (χ1) is 8.44. The first kappa shape index (κ1) is 14.7. The third-order valence-corrected chi connectivity index (χ3v) is 3.00. The first-order valence-electron chi connectivity index (χ1n) is 5.68. The monoisotopic (exact) mass is 273 g/mol. The molecule has 7 heteroatoms. The Bertz CT molecular complexity index is 474. The van der Waals surface area contributed by atoms with Crippen LogP contribution in [0.5, 0.6) is 5.75 Å². The SMILES string of the molecule is CC(C)Oc1ccccc1NS(=O)(=O)NCCN. The number of nitrogens with one attached hydrogen (secondary N) is 2. The van der Waals surface area contributed by atoms with Crippen LogP contribution in [0.25, 0.3) is 0 Å². The average molecular weight is 273 g/mol. The Hall–Kier alpha value is -1.31. The molecule has 0 unspecified atom stereocenters. The fourth-order valence-electron chi connectivity index (χ4n) is 1.28. The lowest BCUT2D eigenvalue weighted by atomic mass is 10.3. The fourth-order valence-corrected chi connectivity index (χ4v) is 2.20. The third kappa shape index (κ3) is 4.91. The van der Waals surface area contributed by atoms with Gasteiger partial charge in [0.05, 0.1) is 11.8 Å². The van der Waals surface area contributed by atoms with E-state index in [1.54, 1.807) is 24.3 Å². The molecule has 0 atom stereocenters. The van der Waals surface area contributed by atoms with E-state index in [9.17, 15) is 8.42 Å². The summed E-state index contributed by atoms with van der Waals surface area (Å²) in [5, 5.41) is 0. The van der Waals surface area contributed by atoms with Crippen molar-refractivity contribution in [2.24, 2.45) is 5.73 Å². The van der Waals surface area contributed by atoms with Gasteiger partial charge in [-0.25, -0.2) is 0 Å². The van der Waals surface area contributed by atoms with Crippen molar-refractivity contribution in [2.75, 3.05) is 17.8 Å². The highest BCUT2D eigenvalue weighted by molar-refractivity contribution is 7.90. The van der Waals surface area contributed by atoms with Crippen molar-refractivity contribution in [3.05, 3.63) is 24.3 Å². The third-order valence-electron chi connectivity index (χ3n) is 1.93. The van der Waals surface area contributed by atoms with Crippen molar-refractivity contribution < 1.29 is 13.2 Å². The number of anilines is 1. The molecule has 102 valence electrons. The molecule has 0 spiro atoms. The Morgan fingerprint density at radius 3 is 2.61 bits per heavy atom. The molecule has 6 nitrogen and oxygen atoms in total. The highest BCUT2D eigenvalue weighted by Gasteiger charge is 2.12. The number of hydrogen-bond donors (Lipinski definition) is 3. The summed E-state index contributed by atoms with van der Waals surface area (Å²) in [6.45, 7) is 4.17. The molecule has 0 heterocycles. The maximum absolute atomic E-state index is 11.7. The van der Waals surface area contributed by atoms with Crippen LogP contribution in [0.3, 0.4) is 0 Å². The van der Waals surface area contributed by atoms with Crippen LogP contribution in [0.15, 0.2) is 24.3 Å². The molecule has 0 aromatic heterocycles. The van der Waals surface area contributed by atoms with Gasteiger partial charge in [0.15, 0.2) is 0 Å². The molecule has 0 radical (unpaired) electrons. The maximum Gasteiger partial charge on any atom is 0.299 e. The van der Waals surface area contributed by atoms with E-state index < -0.39 is 10.2 Å². The van der Waals surface area contributed by atoms with Crippen LogP contribution in [0.2, 0.25) is 0 Å². The summed E-state index contributed by atoms with van der Waals surface area (Å²) < 4.78 is 33.6. The minimum absolute atomic E-state index is 0.0346. The van der Waals surface area contributed by atoms with Gasteiger partial charge in [-0.3, -0.25) is 4.72 Å². The largest absolute Gasteiger partial charge is 0.489 e. The van der Waals surface area contributed by atoms with Crippen LogP contribution in [0.4, 0.5) is 5.69 Å². The lowest BCUT2D eigenvalue weighted by Crippen LogP contribution is -2.34. The summed E-state index contributed by atoms with van der Waals surface area (Å²) in [5.41, 5.74) is 5.64. The van der Waals surface area contributed by atoms with Gasteiger partial charge < -0.3 is 10.5 Å². The minimum Gasteiger partial charge on any atom is -0.489 e. The van der Waals surface area contributed by atoms with Crippen LogP contribution in [-0.4, -0.2) is 27.6 Å². The van der Waals surface area contributed by atoms with Crippen LogP contribution < -0.4 is 19.9 Å². The first-order valence-corrected chi connectivity index (χ1v) is 7.16. The van der Waals surface area contributed by atoms with E-state index in [1.807, 2.05) is 13.8 Å². The molecular weight excluding hydrogens is 254 g/mol. The Morgan fingerprint density at radius 2 is 2.00 bits per heavy atom. The number of rotatable bonds is 7. The van der Waals surface area contributed by atoms with Crippen molar-refractivity contribution in [3.63, 3.8) is 0 Å². The van der Waals surface area contributed by atoms with Crippen molar-refractivity contribution in [2.45, 2.75) is 20.0 Å². The van der Waals surface area contributed by atoms with E-state index in [4.69, 9.17) is 10.5 Å². The van der Waals surface area contributed by atoms with Crippen LogP contribution in [-0.2, 0) is 10.2 Å². The van der Waals surface area contributed by atoms with Gasteiger partial charge in [-0.05, 0) is 26.0 Å². The zero-order valence-corrected chi connectivity index (χ0v) is 11.3. The van der Waals surface area contributed by atoms with E-state index >= 15 is 0 Å². The molecule has 18 heavy (non-hydrogen) atoms. The Balaban J connectivity index is 2.83. The highest BCUT2D eigenvalue weighted by atomic mass is 32.2. The molecule has 1 aromatic carbocycles. The van der Waals surface area contributed by atoms with Gasteiger partial charge in [0.1, 0.15) is 5.75 Å². The van der Waals surface area contributed by atoms with Crippen LogP contribution in [0, 0.1) is 0 Å². The van der Waals surface area contributed by atoms with Crippen LogP contribution >= 0.6 is 0 Å². The predicted molar refractivity (Wildman–Crippen MR) is 71.8 cm³/mol. The number of para-hydroxylation sites is 2. The van der Waals surface area contributed by atoms with E-state index in [0.29, 0.717) is 11.4 Å². The zero-order chi connectivity index (χ0) is 13.6. The standard InChI is InChI=1S/C11H19N3O3S/c1-9(2)17-11-6-4-3-5-10(11)14-18(15,16)13-8-7-12/h3-6,9,13-14H,7-8,12H2,1-2H3. The lowest BCUT2D eigenvalue weighted by molar-refractivity contribution is 0.244. The molecule has 4 N–H and O–H groups in total. The summed E-state index contributed by atoms with van der Waals surface area (Å²) in [6.07, 6.45) is -0.0346. The maximum atomic E-state index is 11.7. The van der Waals surface area contributed by atoms with E-state index in [0.717, 1.165) is 0 Å². The zero-order valence-electron chi connectivity index (χ0n) is 10.5. The second-order valence-electron chi connectivity index (χ2n) is 3.95. The average Bonchev–Trinajstić information content (AvgIpc) is 2.28. The summed E-state index contributed by atoms with van der Waals surface area (Å²) >= 11 is 0. The molecule has 0 aliphatic rings. The molecule has 0 saturated heterocycles. The smallest absolute Gasteiger partial charge is 0.299 e. The van der Waals surface area contributed by atoms with E-state index in [2.05, 4.69) is 9.44 Å². The summed E-state index contributed by atoms with van der Waals surface area (Å²) in [5.74, 6) is 0.491. The Labute approximate surface area is 108 Å². The summed E-state index contributed by atoms with van der Waals surface area (Å²) in [7, 11) is -3.62. The highest BCUT2D eigenvalue weighted by Crippen LogP contribution is 2.25. The quantitative estimate of drug-likeness (QED) is 0.681. The van der Waals surface area contributed by atoms with Crippen molar-refractivity contribution in [1.82, 2.24) is 4.72 Å². The van der Waals surface area contributed by atoms with Gasteiger partial charge in [-0.15, -0.1) is 0 Å². The lowest BCUT2D eigenvalue weighted by Gasteiger charge is -2.15. The molecule has 0 aliphatic heterocycles. The van der Waals surface area contributed by atoms with Gasteiger partial charge in [-0.1, -0.05) is 12.1 Å². The van der Waals surface area contributed by atoms with Gasteiger partial charge in [-0.2, -0.15) is 13.1 Å². The molecule has 0 aliphatic carbocycles. The van der Waals surface area contributed by atoms with E-state index in [-0.39, 0.29) is 19.2 Å². The minimum atomic E-state index is -3.62. The van der Waals surface area contributed by atoms with E-state index in [1.165, 1.54) is 0 Å². The Kier molecular flexibility index (Phi) is 5.39. The molecule has 1 aromatic rings. The molecule has 0 saturated carbocycles. The molecule has 1 rings (SSSR count). The number of hydrogen-bond acceptors (Lipinski definition) is 4. The van der Waals surface area contributed by atoms with Crippen LogP contribution in [0.1, 0.15) is 13.8 Å². The van der Waals surface area contributed by atoms with Gasteiger partial charge in [0, 0.05) is 13.1 Å². The predicted octanol–water partition coefficient (Wildman–Crippen LogP) is 0.679. The van der Waals surface area contributed by atoms with Crippen molar-refractivity contribution >= 4 is 15.9 Å². The van der Waals surface area contributed by atoms with Gasteiger partial charge >= 0.3 is 0 Å². The molecule has 0 bridgehead atoms. The molecule has 0 fully saturated rings. The van der Waals surface area contributed by atoms with Crippen molar-refractivity contribution in [3.8, 4) is 5.75 Å². The summed E-state index contributed by atoms with van der Waals surface area (Å²) in [6, 6.07) is 6.86.